The van der Waals surface area contributed by atoms with E-state index in [1.54, 1.807) is 24.3 Å². The number of halogens is 1. The molecule has 0 aliphatic carbocycles. The Bertz CT molecular complexity index is 687. The summed E-state index contributed by atoms with van der Waals surface area (Å²) < 4.78 is 0. The molecule has 1 N–H and O–H groups in total. The van der Waals surface area contributed by atoms with Gasteiger partial charge in [0.1, 0.15) is 11.4 Å². The Hall–Kier alpha value is -1.50. The van der Waals surface area contributed by atoms with Crippen LogP contribution >= 0.6 is 34.7 Å². The molecule has 0 saturated carbocycles. The number of thiophene rings is 1. The molecule has 0 spiro atoms. The van der Waals surface area contributed by atoms with E-state index in [-0.39, 0.29) is 11.3 Å². The highest BCUT2D eigenvalue weighted by Crippen LogP contribution is 2.43. The molecule has 0 radical (unpaired) electrons. The van der Waals surface area contributed by atoms with Crippen LogP contribution in [0.15, 0.2) is 41.8 Å². The van der Waals surface area contributed by atoms with Crippen LogP contribution in [0.5, 0.6) is 0 Å². The standard InChI is InChI=1S/C15H12ClNO3S2/c16-10-5-3-9(4-6-10)13(18)17-11(15(19)20)8-22-14(17)12-2-1-7-21-12/h1-7,11,14H,8H2,(H,19,20). The van der Waals surface area contributed by atoms with Gasteiger partial charge < -0.3 is 10.0 Å². The van der Waals surface area contributed by atoms with Gasteiger partial charge in [-0.05, 0) is 35.7 Å². The molecule has 1 aromatic carbocycles. The Kier molecular flexibility index (Phi) is 4.42. The minimum absolute atomic E-state index is 0.260. The van der Waals surface area contributed by atoms with E-state index >= 15 is 0 Å². The molecule has 2 unspecified atom stereocenters. The Labute approximate surface area is 140 Å². The summed E-state index contributed by atoms with van der Waals surface area (Å²) in [5.41, 5.74) is 0.444. The Morgan fingerprint density at radius 2 is 1.95 bits per heavy atom. The topological polar surface area (TPSA) is 57.6 Å². The van der Waals surface area contributed by atoms with Crippen molar-refractivity contribution >= 4 is 46.6 Å². The summed E-state index contributed by atoms with van der Waals surface area (Å²) in [7, 11) is 0. The first-order valence-electron chi connectivity index (χ1n) is 6.54. The van der Waals surface area contributed by atoms with Crippen LogP contribution in [0.2, 0.25) is 5.02 Å². The highest BCUT2D eigenvalue weighted by Gasteiger charge is 2.43. The number of carbonyl (C=O) groups is 2. The maximum absolute atomic E-state index is 12.8. The van der Waals surface area contributed by atoms with E-state index < -0.39 is 12.0 Å². The summed E-state index contributed by atoms with van der Waals surface area (Å²) in [5.74, 6) is -0.877. The average molecular weight is 354 g/mol. The highest BCUT2D eigenvalue weighted by atomic mass is 35.5. The van der Waals surface area contributed by atoms with Crippen molar-refractivity contribution in [1.29, 1.82) is 0 Å². The van der Waals surface area contributed by atoms with Gasteiger partial charge in [0.05, 0.1) is 0 Å². The highest BCUT2D eigenvalue weighted by molar-refractivity contribution is 7.99. The van der Waals surface area contributed by atoms with E-state index in [1.807, 2.05) is 17.5 Å². The number of rotatable bonds is 3. The number of aliphatic carboxylic acids is 1. The number of nitrogens with zero attached hydrogens (tertiary/aromatic N) is 1. The van der Waals surface area contributed by atoms with Crippen molar-refractivity contribution in [2.75, 3.05) is 5.75 Å². The number of hydrogen-bond acceptors (Lipinski definition) is 4. The third-order valence-electron chi connectivity index (χ3n) is 3.40. The van der Waals surface area contributed by atoms with E-state index in [0.29, 0.717) is 16.3 Å². The lowest BCUT2D eigenvalue weighted by molar-refractivity contribution is -0.141. The molecule has 1 aromatic heterocycles. The van der Waals surface area contributed by atoms with E-state index in [9.17, 15) is 14.7 Å². The SMILES string of the molecule is O=C(O)C1CSC(c2cccs2)N1C(=O)c1ccc(Cl)cc1. The van der Waals surface area contributed by atoms with Gasteiger partial charge in [-0.25, -0.2) is 4.79 Å². The molecule has 1 aliphatic rings. The molecule has 0 bridgehead atoms. The maximum atomic E-state index is 12.8. The summed E-state index contributed by atoms with van der Waals surface area (Å²) in [5, 5.41) is 11.6. The molecule has 1 amide bonds. The lowest BCUT2D eigenvalue weighted by Gasteiger charge is -2.26. The normalized spacial score (nSPS) is 21.0. The molecule has 2 atom stereocenters. The summed E-state index contributed by atoms with van der Waals surface area (Å²) in [6.07, 6.45) is 0. The van der Waals surface area contributed by atoms with Gasteiger partial charge in [0.25, 0.3) is 5.91 Å². The molecule has 1 aliphatic heterocycles. The minimum atomic E-state index is -0.978. The van der Waals surface area contributed by atoms with Gasteiger partial charge in [0, 0.05) is 21.2 Å². The molecule has 7 heteroatoms. The summed E-state index contributed by atoms with van der Waals surface area (Å²) in [6.45, 7) is 0. The number of carboxylic acid groups (broad SMARTS) is 1. The van der Waals surface area contributed by atoms with Gasteiger partial charge in [-0.3, -0.25) is 4.79 Å². The Morgan fingerprint density at radius 3 is 2.55 bits per heavy atom. The fraction of sp³-hybridized carbons (Fsp3) is 0.200. The molecular formula is C15H12ClNO3S2. The van der Waals surface area contributed by atoms with Crippen molar-refractivity contribution in [3.63, 3.8) is 0 Å². The smallest absolute Gasteiger partial charge is 0.327 e. The lowest BCUT2D eigenvalue weighted by atomic mass is 10.1. The zero-order chi connectivity index (χ0) is 15.7. The number of thioether (sulfide) groups is 1. The zero-order valence-corrected chi connectivity index (χ0v) is 13.7. The quantitative estimate of drug-likeness (QED) is 0.913. The zero-order valence-electron chi connectivity index (χ0n) is 11.3. The number of amides is 1. The van der Waals surface area contributed by atoms with Gasteiger partial charge in [0.2, 0.25) is 0 Å². The molecule has 4 nitrogen and oxygen atoms in total. The molecule has 114 valence electrons. The molecule has 2 heterocycles. The van der Waals surface area contributed by atoms with E-state index in [0.717, 1.165) is 4.88 Å². The van der Waals surface area contributed by atoms with E-state index in [4.69, 9.17) is 11.6 Å². The van der Waals surface area contributed by atoms with Gasteiger partial charge in [-0.2, -0.15) is 0 Å². The summed E-state index contributed by atoms with van der Waals surface area (Å²) in [4.78, 5) is 26.7. The lowest BCUT2D eigenvalue weighted by Crippen LogP contribution is -2.42. The molecule has 2 aromatic rings. The molecule has 1 fully saturated rings. The van der Waals surface area contributed by atoms with Crippen LogP contribution in [0.1, 0.15) is 20.6 Å². The van der Waals surface area contributed by atoms with Crippen molar-refractivity contribution < 1.29 is 14.7 Å². The molecule has 3 rings (SSSR count). The van der Waals surface area contributed by atoms with Crippen LogP contribution in [0.4, 0.5) is 0 Å². The summed E-state index contributed by atoms with van der Waals surface area (Å²) >= 11 is 8.85. The van der Waals surface area contributed by atoms with Crippen molar-refractivity contribution in [3.05, 3.63) is 57.2 Å². The van der Waals surface area contributed by atoms with Gasteiger partial charge >= 0.3 is 5.97 Å². The number of carbonyl (C=O) groups excluding carboxylic acids is 1. The van der Waals surface area contributed by atoms with Gasteiger partial charge in [-0.1, -0.05) is 17.7 Å². The number of benzene rings is 1. The van der Waals surface area contributed by atoms with Crippen molar-refractivity contribution in [2.24, 2.45) is 0 Å². The fourth-order valence-corrected chi connectivity index (χ4v) is 4.85. The van der Waals surface area contributed by atoms with Crippen molar-refractivity contribution in [2.45, 2.75) is 11.4 Å². The van der Waals surface area contributed by atoms with Crippen LogP contribution in [-0.4, -0.2) is 33.7 Å². The first-order chi connectivity index (χ1) is 10.6. The average Bonchev–Trinajstić information content (AvgIpc) is 3.16. The first kappa shape index (κ1) is 15.4. The molecule has 22 heavy (non-hydrogen) atoms. The fourth-order valence-electron chi connectivity index (χ4n) is 2.34. The number of hydrogen-bond donors (Lipinski definition) is 1. The third kappa shape index (κ3) is 2.86. The van der Waals surface area contributed by atoms with Crippen LogP contribution in [0.25, 0.3) is 0 Å². The number of carboxylic acids is 1. The van der Waals surface area contributed by atoms with Gasteiger partial charge in [-0.15, -0.1) is 23.1 Å². The predicted molar refractivity (Wildman–Crippen MR) is 88.6 cm³/mol. The van der Waals surface area contributed by atoms with Crippen LogP contribution < -0.4 is 0 Å². The Balaban J connectivity index is 1.96. The second kappa shape index (κ2) is 6.32. The van der Waals surface area contributed by atoms with Crippen molar-refractivity contribution in [1.82, 2.24) is 4.90 Å². The van der Waals surface area contributed by atoms with Crippen LogP contribution in [0, 0.1) is 0 Å². The first-order valence-corrected chi connectivity index (χ1v) is 8.84. The Morgan fingerprint density at radius 1 is 1.23 bits per heavy atom. The molecular weight excluding hydrogens is 342 g/mol. The second-order valence-electron chi connectivity index (χ2n) is 4.77. The largest absolute Gasteiger partial charge is 0.480 e. The monoisotopic (exact) mass is 353 g/mol. The predicted octanol–water partition coefficient (Wildman–Crippen LogP) is 3.74. The second-order valence-corrected chi connectivity index (χ2v) is 7.30. The third-order valence-corrected chi connectivity index (χ3v) is 6.03. The molecule has 1 saturated heterocycles. The van der Waals surface area contributed by atoms with Crippen LogP contribution in [0.3, 0.4) is 0 Å². The van der Waals surface area contributed by atoms with Gasteiger partial charge in [0.15, 0.2) is 0 Å². The van der Waals surface area contributed by atoms with E-state index in [2.05, 4.69) is 0 Å². The minimum Gasteiger partial charge on any atom is -0.480 e. The maximum Gasteiger partial charge on any atom is 0.327 e. The summed E-state index contributed by atoms with van der Waals surface area (Å²) in [6, 6.07) is 9.52. The van der Waals surface area contributed by atoms with E-state index in [1.165, 1.54) is 28.0 Å². The van der Waals surface area contributed by atoms with Crippen molar-refractivity contribution in [3.8, 4) is 0 Å². The van der Waals surface area contributed by atoms with Crippen LogP contribution in [-0.2, 0) is 4.79 Å².